The lowest BCUT2D eigenvalue weighted by Crippen LogP contribution is -2.44. The maximum Gasteiger partial charge on any atom is 0.253 e. The molecule has 0 aliphatic carbocycles. The Balaban J connectivity index is 1.48. The Labute approximate surface area is 180 Å². The average Bonchev–Trinajstić information content (AvgIpc) is 2.71. The highest BCUT2D eigenvalue weighted by molar-refractivity contribution is 6.36. The normalized spacial score (nSPS) is 14.5. The van der Waals surface area contributed by atoms with E-state index in [9.17, 15) is 9.59 Å². The first-order valence-corrected chi connectivity index (χ1v) is 10.1. The number of rotatable bonds is 6. The van der Waals surface area contributed by atoms with Gasteiger partial charge in [-0.15, -0.1) is 0 Å². The van der Waals surface area contributed by atoms with E-state index in [1.54, 1.807) is 12.3 Å². The van der Waals surface area contributed by atoms with Gasteiger partial charge in [0.25, 0.3) is 5.91 Å². The number of amides is 2. The third kappa shape index (κ3) is 6.06. The zero-order valence-electron chi connectivity index (χ0n) is 16.1. The molecule has 29 heavy (non-hydrogen) atoms. The van der Waals surface area contributed by atoms with E-state index in [1.807, 2.05) is 12.1 Å². The summed E-state index contributed by atoms with van der Waals surface area (Å²) in [5.74, 6) is 0.194. The maximum absolute atomic E-state index is 12.2. The first-order chi connectivity index (χ1) is 13.9. The molecule has 1 saturated heterocycles. The van der Waals surface area contributed by atoms with E-state index in [-0.39, 0.29) is 23.0 Å². The fraction of sp³-hybridized carbons (Fsp3) is 0.350. The van der Waals surface area contributed by atoms with Gasteiger partial charge in [-0.05, 0) is 42.9 Å². The SMILES string of the molecule is CN1CCN(c2cc(CNC(=O)CNC(=O)c3ccc(Cl)cc3Cl)ccn2)CC1. The van der Waals surface area contributed by atoms with Gasteiger partial charge in [0, 0.05) is 43.9 Å². The molecular formula is C20H23Cl2N5O2. The van der Waals surface area contributed by atoms with Crippen molar-refractivity contribution in [1.82, 2.24) is 20.5 Å². The van der Waals surface area contributed by atoms with E-state index >= 15 is 0 Å². The molecule has 1 aromatic heterocycles. The molecule has 1 aliphatic rings. The van der Waals surface area contributed by atoms with E-state index in [0.717, 1.165) is 37.6 Å². The lowest BCUT2D eigenvalue weighted by Gasteiger charge is -2.33. The van der Waals surface area contributed by atoms with Crippen LogP contribution in [0.15, 0.2) is 36.5 Å². The van der Waals surface area contributed by atoms with Crippen LogP contribution in [0, 0.1) is 0 Å². The number of piperazine rings is 1. The van der Waals surface area contributed by atoms with Crippen molar-refractivity contribution in [2.24, 2.45) is 0 Å². The Morgan fingerprint density at radius 1 is 1.07 bits per heavy atom. The number of likely N-dealkylation sites (N-methyl/N-ethyl adjacent to an activating group) is 1. The minimum absolute atomic E-state index is 0.145. The van der Waals surface area contributed by atoms with Crippen molar-refractivity contribution in [1.29, 1.82) is 0 Å². The molecular weight excluding hydrogens is 413 g/mol. The molecule has 1 aliphatic heterocycles. The predicted molar refractivity (Wildman–Crippen MR) is 115 cm³/mol. The Morgan fingerprint density at radius 3 is 2.55 bits per heavy atom. The lowest BCUT2D eigenvalue weighted by molar-refractivity contribution is -0.120. The average molecular weight is 436 g/mol. The highest BCUT2D eigenvalue weighted by Crippen LogP contribution is 2.20. The Morgan fingerprint density at radius 2 is 1.83 bits per heavy atom. The molecule has 1 fully saturated rings. The van der Waals surface area contributed by atoms with Gasteiger partial charge in [0.05, 0.1) is 17.1 Å². The number of benzene rings is 1. The van der Waals surface area contributed by atoms with Crippen LogP contribution >= 0.6 is 23.2 Å². The van der Waals surface area contributed by atoms with Gasteiger partial charge >= 0.3 is 0 Å². The summed E-state index contributed by atoms with van der Waals surface area (Å²) < 4.78 is 0. The molecule has 0 unspecified atom stereocenters. The highest BCUT2D eigenvalue weighted by Gasteiger charge is 2.16. The van der Waals surface area contributed by atoms with Crippen LogP contribution in [0.25, 0.3) is 0 Å². The smallest absolute Gasteiger partial charge is 0.253 e. The number of nitrogens with zero attached hydrogens (tertiary/aromatic N) is 3. The van der Waals surface area contributed by atoms with E-state index in [1.165, 1.54) is 12.1 Å². The molecule has 2 aromatic rings. The molecule has 7 nitrogen and oxygen atoms in total. The van der Waals surface area contributed by atoms with Crippen molar-refractivity contribution >= 4 is 40.8 Å². The van der Waals surface area contributed by atoms with Crippen LogP contribution in [0.5, 0.6) is 0 Å². The van der Waals surface area contributed by atoms with Crippen molar-refractivity contribution in [3.63, 3.8) is 0 Å². The molecule has 2 N–H and O–H groups in total. The number of hydrogen-bond donors (Lipinski definition) is 2. The van der Waals surface area contributed by atoms with Gasteiger partial charge in [0.15, 0.2) is 0 Å². The van der Waals surface area contributed by atoms with Crippen molar-refractivity contribution in [3.05, 3.63) is 57.7 Å². The molecule has 0 spiro atoms. The second-order valence-corrected chi connectivity index (χ2v) is 7.74. The van der Waals surface area contributed by atoms with Crippen LogP contribution in [0.2, 0.25) is 10.0 Å². The number of nitrogens with one attached hydrogen (secondary N) is 2. The minimum atomic E-state index is -0.428. The fourth-order valence-corrected chi connectivity index (χ4v) is 3.47. The summed E-state index contributed by atoms with van der Waals surface area (Å²) >= 11 is 11.8. The van der Waals surface area contributed by atoms with Crippen molar-refractivity contribution in [2.45, 2.75) is 6.54 Å². The number of anilines is 1. The van der Waals surface area contributed by atoms with Crippen LogP contribution in [0.3, 0.4) is 0 Å². The number of halogens is 2. The van der Waals surface area contributed by atoms with Crippen molar-refractivity contribution in [3.8, 4) is 0 Å². The quantitative estimate of drug-likeness (QED) is 0.726. The topological polar surface area (TPSA) is 77.6 Å². The molecule has 154 valence electrons. The Hall–Kier alpha value is -2.35. The van der Waals surface area contributed by atoms with Crippen LogP contribution in [-0.2, 0) is 11.3 Å². The molecule has 1 aromatic carbocycles. The van der Waals surface area contributed by atoms with Gasteiger partial charge in [0.2, 0.25) is 5.91 Å². The molecule has 0 radical (unpaired) electrons. The first-order valence-electron chi connectivity index (χ1n) is 9.31. The van der Waals surface area contributed by atoms with Gasteiger partial charge in [-0.1, -0.05) is 23.2 Å². The summed E-state index contributed by atoms with van der Waals surface area (Å²) in [6.07, 6.45) is 1.75. The minimum Gasteiger partial charge on any atom is -0.354 e. The van der Waals surface area contributed by atoms with E-state index in [4.69, 9.17) is 23.2 Å². The molecule has 2 heterocycles. The van der Waals surface area contributed by atoms with E-state index in [0.29, 0.717) is 11.6 Å². The third-order valence-corrected chi connectivity index (χ3v) is 5.26. The second-order valence-electron chi connectivity index (χ2n) is 6.90. The predicted octanol–water partition coefficient (Wildman–Crippen LogP) is 2.19. The van der Waals surface area contributed by atoms with Gasteiger partial charge in [-0.3, -0.25) is 9.59 Å². The van der Waals surface area contributed by atoms with Crippen LogP contribution in [0.4, 0.5) is 5.82 Å². The summed E-state index contributed by atoms with van der Waals surface area (Å²) in [6, 6.07) is 8.43. The summed E-state index contributed by atoms with van der Waals surface area (Å²) in [7, 11) is 2.11. The highest BCUT2D eigenvalue weighted by atomic mass is 35.5. The Kier molecular flexibility index (Phi) is 7.30. The monoisotopic (exact) mass is 435 g/mol. The molecule has 0 atom stereocenters. The van der Waals surface area contributed by atoms with Gasteiger partial charge in [0.1, 0.15) is 5.82 Å². The molecule has 0 saturated carbocycles. The fourth-order valence-electron chi connectivity index (χ4n) is 2.97. The summed E-state index contributed by atoms with van der Waals surface area (Å²) in [6.45, 7) is 4.07. The van der Waals surface area contributed by atoms with Crippen molar-refractivity contribution < 1.29 is 9.59 Å². The largest absolute Gasteiger partial charge is 0.354 e. The molecule has 3 rings (SSSR count). The standard InChI is InChI=1S/C20H23Cl2N5O2/c1-26-6-8-27(9-7-26)18-10-14(4-5-23-18)12-24-19(28)13-25-20(29)16-3-2-15(21)11-17(16)22/h2-5,10-11H,6-9,12-13H2,1H3,(H,24,28)(H,25,29). The summed E-state index contributed by atoms with van der Waals surface area (Å²) in [4.78, 5) is 33.2. The van der Waals surface area contributed by atoms with Gasteiger partial charge < -0.3 is 20.4 Å². The van der Waals surface area contributed by atoms with E-state index < -0.39 is 5.91 Å². The molecule has 2 amide bonds. The number of carbonyl (C=O) groups excluding carboxylic acids is 2. The zero-order valence-corrected chi connectivity index (χ0v) is 17.6. The van der Waals surface area contributed by atoms with E-state index in [2.05, 4.69) is 32.5 Å². The van der Waals surface area contributed by atoms with Gasteiger partial charge in [-0.25, -0.2) is 4.98 Å². The summed E-state index contributed by atoms with van der Waals surface area (Å²) in [5, 5.41) is 6.04. The van der Waals surface area contributed by atoms with Crippen LogP contribution in [-0.4, -0.2) is 61.5 Å². The molecule has 9 heteroatoms. The second kappa shape index (κ2) is 9.91. The maximum atomic E-state index is 12.2. The van der Waals surface area contributed by atoms with Crippen LogP contribution in [0.1, 0.15) is 15.9 Å². The summed E-state index contributed by atoms with van der Waals surface area (Å²) in [5.41, 5.74) is 1.23. The zero-order chi connectivity index (χ0) is 20.8. The lowest BCUT2D eigenvalue weighted by atomic mass is 10.2. The molecule has 0 bridgehead atoms. The number of carbonyl (C=O) groups is 2. The number of aromatic nitrogens is 1. The first kappa shape index (κ1) is 21.4. The van der Waals surface area contributed by atoms with Crippen LogP contribution < -0.4 is 15.5 Å². The third-order valence-electron chi connectivity index (χ3n) is 4.71. The Bertz CT molecular complexity index is 885. The van der Waals surface area contributed by atoms with Gasteiger partial charge in [-0.2, -0.15) is 0 Å². The number of hydrogen-bond acceptors (Lipinski definition) is 5. The number of pyridine rings is 1. The van der Waals surface area contributed by atoms with Crippen molar-refractivity contribution in [2.75, 3.05) is 44.7 Å².